The topological polar surface area (TPSA) is 121 Å². The Kier molecular flexibility index (Phi) is 4.82. The summed E-state index contributed by atoms with van der Waals surface area (Å²) in [6, 6.07) is 12.4. The van der Waals surface area contributed by atoms with Gasteiger partial charge in [0.25, 0.3) is 5.56 Å². The Morgan fingerprint density at radius 3 is 2.62 bits per heavy atom. The molecule has 2 heterocycles. The number of rotatable bonds is 6. The minimum Gasteiger partial charge on any atom is -0.493 e. The number of hydrogen-bond acceptors (Lipinski definition) is 5. The van der Waals surface area contributed by atoms with Crippen molar-refractivity contribution in [2.75, 3.05) is 6.61 Å². The Hall–Kier alpha value is -3.94. The van der Waals surface area contributed by atoms with E-state index in [-0.39, 0.29) is 11.1 Å². The molecule has 0 aliphatic carbocycles. The highest BCUT2D eigenvalue weighted by Crippen LogP contribution is 2.29. The van der Waals surface area contributed by atoms with E-state index in [0.717, 1.165) is 11.1 Å². The molecule has 0 saturated heterocycles. The van der Waals surface area contributed by atoms with E-state index in [1.165, 1.54) is 6.33 Å². The van der Waals surface area contributed by atoms with E-state index in [2.05, 4.69) is 19.9 Å². The van der Waals surface area contributed by atoms with Gasteiger partial charge in [0.2, 0.25) is 0 Å². The minimum absolute atomic E-state index is 0.253. The number of nitrogens with one attached hydrogen (secondary N) is 2. The van der Waals surface area contributed by atoms with Crippen molar-refractivity contribution in [2.24, 2.45) is 0 Å². The number of imidazole rings is 1. The zero-order valence-corrected chi connectivity index (χ0v) is 15.6. The molecule has 2 aromatic carbocycles. The van der Waals surface area contributed by atoms with E-state index in [9.17, 15) is 9.59 Å². The third-order valence-corrected chi connectivity index (χ3v) is 4.51. The van der Waals surface area contributed by atoms with Gasteiger partial charge < -0.3 is 19.8 Å². The summed E-state index contributed by atoms with van der Waals surface area (Å²) >= 11 is 0. The average Bonchev–Trinajstić information content (AvgIpc) is 3.18. The Balaban J connectivity index is 1.69. The number of fused-ring (bicyclic) bond motifs is 1. The number of H-pyrrole nitrogens is 2. The molecule has 146 valence electrons. The number of carboxylic acids is 1. The van der Waals surface area contributed by atoms with Crippen LogP contribution < -0.4 is 10.3 Å². The van der Waals surface area contributed by atoms with Gasteiger partial charge in [-0.25, -0.2) is 14.8 Å². The van der Waals surface area contributed by atoms with E-state index >= 15 is 0 Å². The molecule has 4 rings (SSSR count). The second-order valence-corrected chi connectivity index (χ2v) is 6.46. The molecule has 0 fully saturated rings. The van der Waals surface area contributed by atoms with Crippen LogP contribution in [-0.4, -0.2) is 37.6 Å². The summed E-state index contributed by atoms with van der Waals surface area (Å²) in [5, 5.41) is 9.02. The number of aromatic amines is 2. The Morgan fingerprint density at radius 1 is 1.14 bits per heavy atom. The highest BCUT2D eigenvalue weighted by molar-refractivity contribution is 5.87. The molecule has 2 aromatic heterocycles. The third kappa shape index (κ3) is 3.73. The number of carbonyl (C=O) groups is 1. The van der Waals surface area contributed by atoms with Crippen LogP contribution in [0.25, 0.3) is 22.6 Å². The molecule has 0 spiro atoms. The largest absolute Gasteiger partial charge is 0.493 e. The van der Waals surface area contributed by atoms with Crippen molar-refractivity contribution < 1.29 is 14.6 Å². The van der Waals surface area contributed by atoms with Crippen LogP contribution in [-0.2, 0) is 6.42 Å². The minimum atomic E-state index is -0.949. The van der Waals surface area contributed by atoms with Crippen molar-refractivity contribution in [3.05, 3.63) is 75.8 Å². The maximum Gasteiger partial charge on any atom is 0.335 e. The molecule has 0 unspecified atom stereocenters. The number of aromatic carboxylic acids is 1. The maximum absolute atomic E-state index is 12.2. The third-order valence-electron chi connectivity index (χ3n) is 4.51. The van der Waals surface area contributed by atoms with Crippen molar-refractivity contribution in [3.8, 4) is 17.1 Å². The zero-order chi connectivity index (χ0) is 20.4. The Bertz CT molecular complexity index is 1240. The fourth-order valence-corrected chi connectivity index (χ4v) is 3.12. The molecule has 29 heavy (non-hydrogen) atoms. The van der Waals surface area contributed by atoms with Gasteiger partial charge in [-0.05, 0) is 48.7 Å². The summed E-state index contributed by atoms with van der Waals surface area (Å²) in [5.41, 5.74) is 3.26. The molecule has 3 N–H and O–H groups in total. The van der Waals surface area contributed by atoms with Crippen molar-refractivity contribution >= 4 is 17.1 Å². The fourth-order valence-electron chi connectivity index (χ4n) is 3.12. The molecule has 0 radical (unpaired) electrons. The zero-order valence-electron chi connectivity index (χ0n) is 15.6. The Labute approximate surface area is 165 Å². The molecule has 0 atom stereocenters. The first-order valence-electron chi connectivity index (χ1n) is 9.07. The molecule has 0 bridgehead atoms. The summed E-state index contributed by atoms with van der Waals surface area (Å²) < 4.78 is 5.79. The predicted molar refractivity (Wildman–Crippen MR) is 107 cm³/mol. The molecular formula is C21H18N4O4. The van der Waals surface area contributed by atoms with E-state index in [0.29, 0.717) is 41.3 Å². The van der Waals surface area contributed by atoms with Gasteiger partial charge in [-0.1, -0.05) is 18.2 Å². The van der Waals surface area contributed by atoms with Gasteiger partial charge in [0.15, 0.2) is 11.2 Å². The molecule has 0 aliphatic heterocycles. The van der Waals surface area contributed by atoms with Gasteiger partial charge in [0, 0.05) is 0 Å². The Morgan fingerprint density at radius 2 is 1.90 bits per heavy atom. The first kappa shape index (κ1) is 18.4. The van der Waals surface area contributed by atoms with Crippen molar-refractivity contribution in [1.29, 1.82) is 0 Å². The van der Waals surface area contributed by atoms with Gasteiger partial charge in [0.05, 0.1) is 24.1 Å². The highest BCUT2D eigenvalue weighted by Gasteiger charge is 2.13. The monoisotopic (exact) mass is 390 g/mol. The first-order chi connectivity index (χ1) is 14.0. The summed E-state index contributed by atoms with van der Waals surface area (Å²) in [4.78, 5) is 37.2. The number of benzene rings is 2. The normalized spacial score (nSPS) is 10.9. The van der Waals surface area contributed by atoms with Crippen LogP contribution in [0, 0.1) is 0 Å². The smallest absolute Gasteiger partial charge is 0.335 e. The lowest BCUT2D eigenvalue weighted by Crippen LogP contribution is -2.10. The second-order valence-electron chi connectivity index (χ2n) is 6.46. The van der Waals surface area contributed by atoms with E-state index < -0.39 is 5.97 Å². The van der Waals surface area contributed by atoms with Gasteiger partial charge in [-0.3, -0.25) is 4.79 Å². The van der Waals surface area contributed by atoms with Gasteiger partial charge in [-0.15, -0.1) is 0 Å². The number of carboxylic acid groups (broad SMARTS) is 1. The van der Waals surface area contributed by atoms with Crippen molar-refractivity contribution in [3.63, 3.8) is 0 Å². The van der Waals surface area contributed by atoms with Crippen LogP contribution in [0.1, 0.15) is 28.4 Å². The summed E-state index contributed by atoms with van der Waals surface area (Å²) in [6.45, 7) is 2.34. The lowest BCUT2D eigenvalue weighted by molar-refractivity contribution is 0.0697. The lowest BCUT2D eigenvalue weighted by atomic mass is 10.0. The van der Waals surface area contributed by atoms with Crippen molar-refractivity contribution in [1.82, 2.24) is 19.9 Å². The van der Waals surface area contributed by atoms with Crippen LogP contribution in [0.2, 0.25) is 0 Å². The SMILES string of the molecule is CCOc1cc(Cc2ccc(C(=O)O)cc2)ccc1-c1nc2nc[nH]c2c(=O)[nH]1. The standard InChI is InChI=1S/C21H18N4O4/c1-2-29-16-10-13(9-12-3-6-14(7-4-12)21(27)28)5-8-15(16)18-24-19-17(20(26)25-18)22-11-23-19/h3-8,10-11H,2,9H2,1H3,(H,27,28)(H2,22,23,24,25,26). The number of hydrogen-bond donors (Lipinski definition) is 3. The van der Waals surface area contributed by atoms with Crippen molar-refractivity contribution in [2.45, 2.75) is 13.3 Å². The molecular weight excluding hydrogens is 372 g/mol. The lowest BCUT2D eigenvalue weighted by Gasteiger charge is -2.12. The van der Waals surface area contributed by atoms with E-state index in [1.807, 2.05) is 25.1 Å². The highest BCUT2D eigenvalue weighted by atomic mass is 16.5. The first-order valence-corrected chi connectivity index (χ1v) is 9.07. The molecule has 8 heteroatoms. The molecule has 0 aliphatic rings. The summed E-state index contributed by atoms with van der Waals surface area (Å²) in [5.74, 6) is 0.0375. The maximum atomic E-state index is 12.2. The van der Waals surface area contributed by atoms with Gasteiger partial charge >= 0.3 is 5.97 Å². The quantitative estimate of drug-likeness (QED) is 0.465. The summed E-state index contributed by atoms with van der Waals surface area (Å²) in [7, 11) is 0. The molecule has 0 saturated carbocycles. The number of ether oxygens (including phenoxy) is 1. The van der Waals surface area contributed by atoms with E-state index in [1.54, 1.807) is 24.3 Å². The van der Waals surface area contributed by atoms with Gasteiger partial charge in [0.1, 0.15) is 11.6 Å². The van der Waals surface area contributed by atoms with E-state index in [4.69, 9.17) is 9.84 Å². The summed E-state index contributed by atoms with van der Waals surface area (Å²) in [6.07, 6.45) is 2.04. The fraction of sp³-hybridized carbons (Fsp3) is 0.143. The molecule has 0 amide bonds. The van der Waals surface area contributed by atoms with Crippen LogP contribution in [0.4, 0.5) is 0 Å². The number of aromatic nitrogens is 4. The molecule has 4 aromatic rings. The van der Waals surface area contributed by atoms with Crippen LogP contribution in [0.5, 0.6) is 5.75 Å². The van der Waals surface area contributed by atoms with Gasteiger partial charge in [-0.2, -0.15) is 0 Å². The van der Waals surface area contributed by atoms with Crippen LogP contribution >= 0.6 is 0 Å². The average molecular weight is 390 g/mol. The predicted octanol–water partition coefficient (Wildman–Crippen LogP) is 3.00. The van der Waals surface area contributed by atoms with Crippen LogP contribution in [0.3, 0.4) is 0 Å². The number of nitrogens with zero attached hydrogens (tertiary/aromatic N) is 2. The van der Waals surface area contributed by atoms with Crippen LogP contribution in [0.15, 0.2) is 53.6 Å². The molecule has 8 nitrogen and oxygen atoms in total. The second kappa shape index (κ2) is 7.59.